The number of amides is 1. The zero-order valence-electron chi connectivity index (χ0n) is 14.4. The van der Waals surface area contributed by atoms with E-state index >= 15 is 0 Å². The van der Waals surface area contributed by atoms with Crippen LogP contribution < -0.4 is 0 Å². The lowest BCUT2D eigenvalue weighted by Gasteiger charge is -2.34. The van der Waals surface area contributed by atoms with Crippen molar-refractivity contribution >= 4 is 17.2 Å². The van der Waals surface area contributed by atoms with Gasteiger partial charge in [0.05, 0.1) is 23.2 Å². The van der Waals surface area contributed by atoms with E-state index < -0.39 is 6.10 Å². The molecule has 0 spiro atoms. The Labute approximate surface area is 142 Å². The topological polar surface area (TPSA) is 59.9 Å². The SMILES string of the molecule is CCc1nc(CC(=O)N(C)CC(O)CN2CCN(C)CC2)cs1. The van der Waals surface area contributed by atoms with Crippen molar-refractivity contribution in [3.8, 4) is 0 Å². The van der Waals surface area contributed by atoms with Crippen LogP contribution in [0.15, 0.2) is 5.38 Å². The van der Waals surface area contributed by atoms with Gasteiger partial charge in [-0.1, -0.05) is 6.92 Å². The highest BCUT2D eigenvalue weighted by Crippen LogP contribution is 2.11. The number of aromatic nitrogens is 1. The molecule has 130 valence electrons. The predicted molar refractivity (Wildman–Crippen MR) is 92.8 cm³/mol. The average Bonchev–Trinajstić information content (AvgIpc) is 2.97. The first-order chi connectivity index (χ1) is 11.0. The van der Waals surface area contributed by atoms with Crippen LogP contribution in [0.25, 0.3) is 0 Å². The Morgan fingerprint density at radius 1 is 1.43 bits per heavy atom. The normalized spacial score (nSPS) is 18.1. The summed E-state index contributed by atoms with van der Waals surface area (Å²) in [5, 5.41) is 13.2. The molecule has 0 saturated carbocycles. The fourth-order valence-electron chi connectivity index (χ4n) is 2.69. The lowest BCUT2D eigenvalue weighted by molar-refractivity contribution is -0.130. The van der Waals surface area contributed by atoms with Crippen LogP contribution in [0.3, 0.4) is 0 Å². The second-order valence-electron chi connectivity index (χ2n) is 6.29. The maximum atomic E-state index is 12.2. The molecule has 1 aliphatic heterocycles. The number of hydrogen-bond donors (Lipinski definition) is 1. The van der Waals surface area contributed by atoms with E-state index in [9.17, 15) is 9.90 Å². The molecular formula is C16H28N4O2S. The van der Waals surface area contributed by atoms with E-state index in [1.54, 1.807) is 23.3 Å². The van der Waals surface area contributed by atoms with E-state index in [1.165, 1.54) is 0 Å². The fourth-order valence-corrected chi connectivity index (χ4v) is 3.43. The molecule has 1 fully saturated rings. The van der Waals surface area contributed by atoms with E-state index in [-0.39, 0.29) is 5.91 Å². The smallest absolute Gasteiger partial charge is 0.228 e. The molecule has 2 rings (SSSR count). The van der Waals surface area contributed by atoms with Crippen molar-refractivity contribution in [2.75, 3.05) is 53.4 Å². The number of aryl methyl sites for hydroxylation is 1. The molecule has 0 aromatic carbocycles. The summed E-state index contributed by atoms with van der Waals surface area (Å²) in [5.74, 6) is 0.00961. The van der Waals surface area contributed by atoms with Gasteiger partial charge in [-0.25, -0.2) is 4.98 Å². The molecule has 23 heavy (non-hydrogen) atoms. The van der Waals surface area contributed by atoms with Gasteiger partial charge in [0.2, 0.25) is 5.91 Å². The van der Waals surface area contributed by atoms with Crippen molar-refractivity contribution in [3.63, 3.8) is 0 Å². The molecule has 0 radical (unpaired) electrons. The highest BCUT2D eigenvalue weighted by atomic mass is 32.1. The van der Waals surface area contributed by atoms with Crippen molar-refractivity contribution in [1.82, 2.24) is 19.7 Å². The van der Waals surface area contributed by atoms with Crippen LogP contribution in [-0.4, -0.2) is 90.2 Å². The molecule has 7 heteroatoms. The minimum atomic E-state index is -0.506. The molecule has 1 N–H and O–H groups in total. The van der Waals surface area contributed by atoms with Crippen molar-refractivity contribution in [2.24, 2.45) is 0 Å². The Morgan fingerprint density at radius 3 is 2.74 bits per heavy atom. The van der Waals surface area contributed by atoms with Gasteiger partial charge in [-0.3, -0.25) is 9.69 Å². The number of likely N-dealkylation sites (N-methyl/N-ethyl adjacent to an activating group) is 2. The predicted octanol–water partition coefficient (Wildman–Crippen LogP) is 0.315. The van der Waals surface area contributed by atoms with Crippen LogP contribution in [0.2, 0.25) is 0 Å². The van der Waals surface area contributed by atoms with Crippen molar-refractivity contribution in [2.45, 2.75) is 25.9 Å². The number of aliphatic hydroxyl groups is 1. The van der Waals surface area contributed by atoms with E-state index in [4.69, 9.17) is 0 Å². The number of hydrogen-bond acceptors (Lipinski definition) is 6. The van der Waals surface area contributed by atoms with Gasteiger partial charge in [-0.2, -0.15) is 0 Å². The second kappa shape index (κ2) is 8.73. The van der Waals surface area contributed by atoms with Gasteiger partial charge < -0.3 is 14.9 Å². The number of carbonyl (C=O) groups is 1. The minimum Gasteiger partial charge on any atom is -0.390 e. The highest BCUT2D eigenvalue weighted by molar-refractivity contribution is 7.09. The molecule has 0 aliphatic carbocycles. The second-order valence-corrected chi connectivity index (χ2v) is 7.24. The standard InChI is InChI=1S/C16H28N4O2S/c1-4-15-17-13(12-23-15)9-16(22)19(3)10-14(21)11-20-7-5-18(2)6-8-20/h12,14,21H,4-11H2,1-3H3. The molecule has 1 atom stereocenters. The molecule has 6 nitrogen and oxygen atoms in total. The molecular weight excluding hydrogens is 312 g/mol. The Kier molecular flexibility index (Phi) is 6.95. The van der Waals surface area contributed by atoms with Gasteiger partial charge in [-0.05, 0) is 13.5 Å². The van der Waals surface area contributed by atoms with E-state index in [2.05, 4.69) is 28.8 Å². The fraction of sp³-hybridized carbons (Fsp3) is 0.750. The summed E-state index contributed by atoms with van der Waals surface area (Å²) in [4.78, 5) is 22.8. The Morgan fingerprint density at radius 2 is 2.13 bits per heavy atom. The Bertz CT molecular complexity index is 500. The molecule has 1 unspecified atom stereocenters. The molecule has 1 aliphatic rings. The van der Waals surface area contributed by atoms with Crippen LogP contribution in [0.4, 0.5) is 0 Å². The lowest BCUT2D eigenvalue weighted by atomic mass is 10.2. The quantitative estimate of drug-likeness (QED) is 0.774. The first-order valence-electron chi connectivity index (χ1n) is 8.24. The van der Waals surface area contributed by atoms with Gasteiger partial charge >= 0.3 is 0 Å². The summed E-state index contributed by atoms with van der Waals surface area (Å²) in [6.45, 7) is 7.08. The van der Waals surface area contributed by atoms with Gasteiger partial charge in [0.15, 0.2) is 0 Å². The van der Waals surface area contributed by atoms with Gasteiger partial charge in [0, 0.05) is 51.7 Å². The van der Waals surface area contributed by atoms with Gasteiger partial charge in [-0.15, -0.1) is 11.3 Å². The van der Waals surface area contributed by atoms with Gasteiger partial charge in [0.1, 0.15) is 0 Å². The third-order valence-corrected chi connectivity index (χ3v) is 5.25. The van der Waals surface area contributed by atoms with E-state index in [0.29, 0.717) is 19.5 Å². The number of carbonyl (C=O) groups excluding carboxylic acids is 1. The van der Waals surface area contributed by atoms with Crippen LogP contribution in [0.1, 0.15) is 17.6 Å². The summed E-state index contributed by atoms with van der Waals surface area (Å²) >= 11 is 1.60. The zero-order chi connectivity index (χ0) is 16.8. The first-order valence-corrected chi connectivity index (χ1v) is 9.12. The van der Waals surface area contributed by atoms with E-state index in [1.807, 2.05) is 5.38 Å². The van der Waals surface area contributed by atoms with Crippen LogP contribution in [0, 0.1) is 0 Å². The summed E-state index contributed by atoms with van der Waals surface area (Å²) in [6.07, 6.45) is 0.709. The van der Waals surface area contributed by atoms with Crippen LogP contribution >= 0.6 is 11.3 Å². The number of β-amino-alcohol motifs (C(OH)–C–C–N with tert-alkyl or cyclic N) is 1. The summed E-state index contributed by atoms with van der Waals surface area (Å²) < 4.78 is 0. The Balaban J connectivity index is 1.73. The summed E-state index contributed by atoms with van der Waals surface area (Å²) in [5.41, 5.74) is 0.831. The maximum Gasteiger partial charge on any atom is 0.228 e. The van der Waals surface area contributed by atoms with Crippen molar-refractivity contribution in [3.05, 3.63) is 16.1 Å². The largest absolute Gasteiger partial charge is 0.390 e. The molecule has 0 bridgehead atoms. The number of rotatable bonds is 7. The zero-order valence-corrected chi connectivity index (χ0v) is 15.2. The summed E-state index contributed by atoms with van der Waals surface area (Å²) in [6, 6.07) is 0. The molecule has 1 saturated heterocycles. The van der Waals surface area contributed by atoms with Crippen molar-refractivity contribution in [1.29, 1.82) is 0 Å². The van der Waals surface area contributed by atoms with Gasteiger partial charge in [0.25, 0.3) is 0 Å². The average molecular weight is 340 g/mol. The highest BCUT2D eigenvalue weighted by Gasteiger charge is 2.20. The number of nitrogens with zero attached hydrogens (tertiary/aromatic N) is 4. The Hall–Kier alpha value is -1.02. The van der Waals surface area contributed by atoms with Crippen molar-refractivity contribution < 1.29 is 9.90 Å². The number of aliphatic hydroxyl groups excluding tert-OH is 1. The minimum absolute atomic E-state index is 0.00961. The van der Waals surface area contributed by atoms with Crippen LogP contribution in [-0.2, 0) is 17.6 Å². The van der Waals surface area contributed by atoms with Crippen LogP contribution in [0.5, 0.6) is 0 Å². The van der Waals surface area contributed by atoms with E-state index in [0.717, 1.165) is 43.3 Å². The first kappa shape index (κ1) is 18.3. The summed E-state index contributed by atoms with van der Waals surface area (Å²) in [7, 11) is 3.87. The molecule has 1 aromatic heterocycles. The third-order valence-electron chi connectivity index (χ3n) is 4.21. The molecule has 1 amide bonds. The third kappa shape index (κ3) is 5.84. The lowest BCUT2D eigenvalue weighted by Crippen LogP contribution is -2.49. The number of thiazole rings is 1. The molecule has 1 aromatic rings. The number of piperazine rings is 1. The molecule has 2 heterocycles. The maximum absolute atomic E-state index is 12.2. The monoisotopic (exact) mass is 340 g/mol.